The van der Waals surface area contributed by atoms with Crippen LogP contribution in [-0.2, 0) is 10.0 Å². The molecular weight excluding hydrogens is 284 g/mol. The second-order valence-electron chi connectivity index (χ2n) is 5.25. The standard InChI is InChI=1S/C13H19ClN2O2S/c1-9-6-7-16(10(2)8-9)19(17,18)13-11(14)4-3-5-12(13)15/h3-5,9-10H,6-8,15H2,1-2H3. The average molecular weight is 303 g/mol. The summed E-state index contributed by atoms with van der Waals surface area (Å²) in [6, 6.07) is 4.75. The molecule has 1 aliphatic heterocycles. The topological polar surface area (TPSA) is 63.4 Å². The monoisotopic (exact) mass is 302 g/mol. The summed E-state index contributed by atoms with van der Waals surface area (Å²) in [5.41, 5.74) is 6.00. The Labute approximate surface area is 119 Å². The predicted octanol–water partition coefficient (Wildman–Crippen LogP) is 2.73. The highest BCUT2D eigenvalue weighted by Crippen LogP contribution is 2.34. The second kappa shape index (κ2) is 5.31. The number of sulfonamides is 1. The summed E-state index contributed by atoms with van der Waals surface area (Å²) >= 11 is 6.02. The quantitative estimate of drug-likeness (QED) is 0.854. The van der Waals surface area contributed by atoms with E-state index in [1.165, 1.54) is 4.31 Å². The highest BCUT2D eigenvalue weighted by Gasteiger charge is 2.35. The molecule has 1 saturated heterocycles. The zero-order valence-electron chi connectivity index (χ0n) is 11.1. The SMILES string of the molecule is CC1CCN(S(=O)(=O)c2c(N)cccc2Cl)C(C)C1. The number of halogens is 1. The van der Waals surface area contributed by atoms with Gasteiger partial charge in [0.15, 0.2) is 0 Å². The number of anilines is 1. The molecule has 0 bridgehead atoms. The fourth-order valence-electron chi connectivity index (χ4n) is 2.66. The minimum Gasteiger partial charge on any atom is -0.398 e. The highest BCUT2D eigenvalue weighted by molar-refractivity contribution is 7.89. The number of rotatable bonds is 2. The third kappa shape index (κ3) is 2.73. The maximum Gasteiger partial charge on any atom is 0.246 e. The molecule has 106 valence electrons. The van der Waals surface area contributed by atoms with Crippen molar-refractivity contribution in [1.82, 2.24) is 4.31 Å². The number of nitrogen functional groups attached to an aromatic ring is 1. The molecule has 1 aliphatic rings. The Morgan fingerprint density at radius 3 is 2.63 bits per heavy atom. The zero-order chi connectivity index (χ0) is 14.2. The van der Waals surface area contributed by atoms with E-state index in [1.807, 2.05) is 6.92 Å². The van der Waals surface area contributed by atoms with Crippen LogP contribution >= 0.6 is 11.6 Å². The van der Waals surface area contributed by atoms with Crippen molar-refractivity contribution in [1.29, 1.82) is 0 Å². The van der Waals surface area contributed by atoms with Gasteiger partial charge in [-0.05, 0) is 37.8 Å². The molecular formula is C13H19ClN2O2S. The predicted molar refractivity (Wildman–Crippen MR) is 77.6 cm³/mol. The maximum atomic E-state index is 12.7. The summed E-state index contributed by atoms with van der Waals surface area (Å²) in [5.74, 6) is 0.546. The second-order valence-corrected chi connectivity index (χ2v) is 7.49. The van der Waals surface area contributed by atoms with Crippen molar-refractivity contribution in [3.05, 3.63) is 23.2 Å². The Bertz CT molecular complexity index is 554. The molecule has 0 aromatic heterocycles. The molecule has 0 aliphatic carbocycles. The molecule has 0 saturated carbocycles. The van der Waals surface area contributed by atoms with E-state index in [1.54, 1.807) is 18.2 Å². The van der Waals surface area contributed by atoms with Crippen LogP contribution in [0.5, 0.6) is 0 Å². The first-order valence-corrected chi connectivity index (χ1v) is 8.21. The van der Waals surface area contributed by atoms with Crippen LogP contribution in [0.25, 0.3) is 0 Å². The Morgan fingerprint density at radius 1 is 1.37 bits per heavy atom. The Kier molecular flexibility index (Phi) is 4.08. The van der Waals surface area contributed by atoms with E-state index in [-0.39, 0.29) is 21.6 Å². The molecule has 4 nitrogen and oxygen atoms in total. The summed E-state index contributed by atoms with van der Waals surface area (Å²) in [5, 5.41) is 0.186. The fraction of sp³-hybridized carbons (Fsp3) is 0.538. The fourth-order valence-corrected chi connectivity index (χ4v) is 4.95. The Morgan fingerprint density at radius 2 is 2.05 bits per heavy atom. The summed E-state index contributed by atoms with van der Waals surface area (Å²) in [6.45, 7) is 4.60. The van der Waals surface area contributed by atoms with E-state index in [2.05, 4.69) is 6.92 Å². The maximum absolute atomic E-state index is 12.7. The van der Waals surface area contributed by atoms with Crippen LogP contribution in [0.3, 0.4) is 0 Å². The summed E-state index contributed by atoms with van der Waals surface area (Å²) in [4.78, 5) is 0.0399. The first kappa shape index (κ1) is 14.6. The lowest BCUT2D eigenvalue weighted by Crippen LogP contribution is -2.44. The van der Waals surface area contributed by atoms with Gasteiger partial charge in [0.2, 0.25) is 10.0 Å². The van der Waals surface area contributed by atoms with Gasteiger partial charge in [-0.15, -0.1) is 0 Å². The molecule has 1 aromatic carbocycles. The summed E-state index contributed by atoms with van der Waals surface area (Å²) in [6.07, 6.45) is 1.73. The van der Waals surface area contributed by atoms with Gasteiger partial charge in [0.1, 0.15) is 4.90 Å². The van der Waals surface area contributed by atoms with E-state index in [9.17, 15) is 8.42 Å². The number of hydrogen-bond acceptors (Lipinski definition) is 3. The lowest BCUT2D eigenvalue weighted by Gasteiger charge is -2.35. The van der Waals surface area contributed by atoms with Crippen LogP contribution in [0.1, 0.15) is 26.7 Å². The molecule has 2 rings (SSSR count). The Balaban J connectivity index is 2.43. The first-order chi connectivity index (χ1) is 8.84. The molecule has 2 atom stereocenters. The van der Waals surface area contributed by atoms with Crippen molar-refractivity contribution in [2.45, 2.75) is 37.6 Å². The number of nitrogens with zero attached hydrogens (tertiary/aromatic N) is 1. The molecule has 2 N–H and O–H groups in total. The van der Waals surface area contributed by atoms with Gasteiger partial charge in [0.25, 0.3) is 0 Å². The van der Waals surface area contributed by atoms with Crippen molar-refractivity contribution in [3.63, 3.8) is 0 Å². The van der Waals surface area contributed by atoms with E-state index >= 15 is 0 Å². The number of hydrogen-bond donors (Lipinski definition) is 1. The van der Waals surface area contributed by atoms with Crippen LogP contribution in [0, 0.1) is 5.92 Å². The number of piperidine rings is 1. The van der Waals surface area contributed by atoms with Crippen molar-refractivity contribution in [2.75, 3.05) is 12.3 Å². The van der Waals surface area contributed by atoms with E-state index in [4.69, 9.17) is 17.3 Å². The van der Waals surface area contributed by atoms with Gasteiger partial charge < -0.3 is 5.73 Å². The lowest BCUT2D eigenvalue weighted by atomic mass is 9.95. The molecule has 19 heavy (non-hydrogen) atoms. The average Bonchev–Trinajstić information content (AvgIpc) is 2.27. The van der Waals surface area contributed by atoms with Crippen LogP contribution in [0.15, 0.2) is 23.1 Å². The largest absolute Gasteiger partial charge is 0.398 e. The molecule has 6 heteroatoms. The van der Waals surface area contributed by atoms with Crippen LogP contribution in [-0.4, -0.2) is 25.3 Å². The lowest BCUT2D eigenvalue weighted by molar-refractivity contribution is 0.220. The van der Waals surface area contributed by atoms with Crippen molar-refractivity contribution < 1.29 is 8.42 Å². The third-order valence-electron chi connectivity index (χ3n) is 3.64. The van der Waals surface area contributed by atoms with Crippen LogP contribution in [0.2, 0.25) is 5.02 Å². The van der Waals surface area contributed by atoms with Crippen molar-refractivity contribution in [2.24, 2.45) is 5.92 Å². The van der Waals surface area contributed by atoms with Crippen LogP contribution in [0.4, 0.5) is 5.69 Å². The smallest absolute Gasteiger partial charge is 0.246 e. The zero-order valence-corrected chi connectivity index (χ0v) is 12.7. The first-order valence-electron chi connectivity index (χ1n) is 6.40. The van der Waals surface area contributed by atoms with Gasteiger partial charge in [-0.25, -0.2) is 8.42 Å². The summed E-state index contributed by atoms with van der Waals surface area (Å²) in [7, 11) is -3.62. The molecule has 0 spiro atoms. The molecule has 0 amide bonds. The molecule has 1 fully saturated rings. The molecule has 0 radical (unpaired) electrons. The number of nitrogens with two attached hydrogens (primary N) is 1. The Hall–Kier alpha value is -0.780. The van der Waals surface area contributed by atoms with Crippen molar-refractivity contribution >= 4 is 27.3 Å². The minimum atomic E-state index is -3.62. The van der Waals surface area contributed by atoms with E-state index in [0.717, 1.165) is 12.8 Å². The summed E-state index contributed by atoms with van der Waals surface area (Å²) < 4.78 is 26.9. The molecule has 2 unspecified atom stereocenters. The van der Waals surface area contributed by atoms with Gasteiger partial charge in [-0.3, -0.25) is 0 Å². The third-order valence-corrected chi connectivity index (χ3v) is 6.20. The van der Waals surface area contributed by atoms with Crippen LogP contribution < -0.4 is 5.73 Å². The van der Waals surface area contributed by atoms with E-state index < -0.39 is 10.0 Å². The normalized spacial score (nSPS) is 25.4. The van der Waals surface area contributed by atoms with Gasteiger partial charge in [0, 0.05) is 12.6 Å². The van der Waals surface area contributed by atoms with Gasteiger partial charge in [-0.1, -0.05) is 24.6 Å². The minimum absolute atomic E-state index is 0.0237. The van der Waals surface area contributed by atoms with Gasteiger partial charge in [-0.2, -0.15) is 4.31 Å². The van der Waals surface area contributed by atoms with Gasteiger partial charge >= 0.3 is 0 Å². The van der Waals surface area contributed by atoms with E-state index in [0.29, 0.717) is 12.5 Å². The molecule has 1 aromatic rings. The van der Waals surface area contributed by atoms with Crippen molar-refractivity contribution in [3.8, 4) is 0 Å². The highest BCUT2D eigenvalue weighted by atomic mass is 35.5. The molecule has 1 heterocycles. The van der Waals surface area contributed by atoms with Gasteiger partial charge in [0.05, 0.1) is 10.7 Å². The number of benzene rings is 1.